The SMILES string of the molecule is CCOC(=O)C(Cc1cccc(OC)n1)C(=O)OCC. The lowest BCUT2D eigenvalue weighted by Gasteiger charge is -2.14. The van der Waals surface area contributed by atoms with Crippen molar-refractivity contribution in [3.05, 3.63) is 23.9 Å². The molecule has 0 amide bonds. The van der Waals surface area contributed by atoms with Gasteiger partial charge in [-0.2, -0.15) is 0 Å². The standard InChI is InChI=1S/C14H19NO5/c1-4-19-13(16)11(14(17)20-5-2)9-10-7-6-8-12(15-10)18-3/h6-8,11H,4-5,9H2,1-3H3. The van der Waals surface area contributed by atoms with E-state index >= 15 is 0 Å². The molecule has 0 N–H and O–H groups in total. The van der Waals surface area contributed by atoms with Crippen LogP contribution in [0.1, 0.15) is 19.5 Å². The van der Waals surface area contributed by atoms with E-state index in [1.807, 2.05) is 0 Å². The Morgan fingerprint density at radius 1 is 1.15 bits per heavy atom. The molecule has 110 valence electrons. The van der Waals surface area contributed by atoms with Gasteiger partial charge in [0, 0.05) is 18.2 Å². The van der Waals surface area contributed by atoms with Crippen LogP contribution in [0.5, 0.6) is 5.88 Å². The van der Waals surface area contributed by atoms with Gasteiger partial charge in [0.05, 0.1) is 20.3 Å². The first-order chi connectivity index (χ1) is 9.62. The first-order valence-electron chi connectivity index (χ1n) is 6.45. The summed E-state index contributed by atoms with van der Waals surface area (Å²) in [5, 5.41) is 0. The fourth-order valence-electron chi connectivity index (χ4n) is 1.64. The highest BCUT2D eigenvalue weighted by Crippen LogP contribution is 2.14. The van der Waals surface area contributed by atoms with Gasteiger partial charge in [0.15, 0.2) is 5.92 Å². The summed E-state index contributed by atoms with van der Waals surface area (Å²) < 4.78 is 14.8. The van der Waals surface area contributed by atoms with Gasteiger partial charge in [-0.3, -0.25) is 9.59 Å². The fourth-order valence-corrected chi connectivity index (χ4v) is 1.64. The number of ether oxygens (including phenoxy) is 3. The van der Waals surface area contributed by atoms with Crippen molar-refractivity contribution in [3.8, 4) is 5.88 Å². The molecule has 0 aliphatic rings. The van der Waals surface area contributed by atoms with Gasteiger partial charge in [-0.25, -0.2) is 4.98 Å². The first-order valence-corrected chi connectivity index (χ1v) is 6.45. The molecule has 6 nitrogen and oxygen atoms in total. The third-order valence-electron chi connectivity index (χ3n) is 2.55. The van der Waals surface area contributed by atoms with E-state index in [1.165, 1.54) is 7.11 Å². The Balaban J connectivity index is 2.87. The lowest BCUT2D eigenvalue weighted by molar-refractivity contribution is -0.161. The number of hydrogen-bond donors (Lipinski definition) is 0. The average Bonchev–Trinajstić information content (AvgIpc) is 2.45. The maximum absolute atomic E-state index is 11.8. The molecular weight excluding hydrogens is 262 g/mol. The molecular formula is C14H19NO5. The molecule has 0 aliphatic carbocycles. The number of pyridine rings is 1. The van der Waals surface area contributed by atoms with Crippen LogP contribution >= 0.6 is 0 Å². The maximum atomic E-state index is 11.8. The molecule has 0 atom stereocenters. The number of nitrogens with zero attached hydrogens (tertiary/aromatic N) is 1. The highest BCUT2D eigenvalue weighted by atomic mass is 16.6. The van der Waals surface area contributed by atoms with Gasteiger partial charge >= 0.3 is 11.9 Å². The van der Waals surface area contributed by atoms with Crippen molar-refractivity contribution >= 4 is 11.9 Å². The van der Waals surface area contributed by atoms with Crippen molar-refractivity contribution in [2.75, 3.05) is 20.3 Å². The Morgan fingerprint density at radius 2 is 1.75 bits per heavy atom. The number of carbonyl (C=O) groups excluding carboxylic acids is 2. The molecule has 20 heavy (non-hydrogen) atoms. The zero-order valence-corrected chi connectivity index (χ0v) is 11.9. The summed E-state index contributed by atoms with van der Waals surface area (Å²) in [4.78, 5) is 27.9. The van der Waals surface area contributed by atoms with E-state index in [0.717, 1.165) is 0 Å². The van der Waals surface area contributed by atoms with Crippen molar-refractivity contribution in [3.63, 3.8) is 0 Å². The minimum Gasteiger partial charge on any atom is -0.481 e. The van der Waals surface area contributed by atoms with E-state index < -0.39 is 17.9 Å². The molecule has 0 aliphatic heterocycles. The second kappa shape index (κ2) is 8.14. The zero-order chi connectivity index (χ0) is 15.0. The number of aromatic nitrogens is 1. The minimum absolute atomic E-state index is 0.120. The molecule has 1 aromatic heterocycles. The molecule has 0 unspecified atom stereocenters. The van der Waals surface area contributed by atoms with Crippen molar-refractivity contribution in [2.24, 2.45) is 5.92 Å². The van der Waals surface area contributed by atoms with Crippen LogP contribution in [-0.4, -0.2) is 37.2 Å². The summed E-state index contributed by atoms with van der Waals surface area (Å²) in [6.45, 7) is 3.79. The molecule has 0 radical (unpaired) electrons. The van der Waals surface area contributed by atoms with Crippen molar-refractivity contribution in [1.82, 2.24) is 4.98 Å². The monoisotopic (exact) mass is 281 g/mol. The smallest absolute Gasteiger partial charge is 0.320 e. The highest BCUT2D eigenvalue weighted by Gasteiger charge is 2.30. The second-order valence-electron chi connectivity index (χ2n) is 3.93. The number of carbonyl (C=O) groups is 2. The summed E-state index contributed by atoms with van der Waals surface area (Å²) in [7, 11) is 1.50. The molecule has 0 saturated carbocycles. The molecule has 1 aromatic rings. The minimum atomic E-state index is -1.01. The Kier molecular flexibility index (Phi) is 6.49. The van der Waals surface area contributed by atoms with Crippen LogP contribution in [-0.2, 0) is 25.5 Å². The summed E-state index contributed by atoms with van der Waals surface area (Å²) in [5.41, 5.74) is 0.565. The zero-order valence-electron chi connectivity index (χ0n) is 11.9. The van der Waals surface area contributed by atoms with Gasteiger partial charge in [-0.1, -0.05) is 6.07 Å². The Labute approximate surface area is 118 Å². The lowest BCUT2D eigenvalue weighted by atomic mass is 10.0. The molecule has 1 rings (SSSR count). The largest absolute Gasteiger partial charge is 0.481 e. The van der Waals surface area contributed by atoms with Crippen LogP contribution in [0.25, 0.3) is 0 Å². The third-order valence-corrected chi connectivity index (χ3v) is 2.55. The van der Waals surface area contributed by atoms with Gasteiger partial charge in [0.2, 0.25) is 5.88 Å². The molecule has 6 heteroatoms. The van der Waals surface area contributed by atoms with Crippen LogP contribution in [0.4, 0.5) is 0 Å². The van der Waals surface area contributed by atoms with E-state index in [2.05, 4.69) is 4.98 Å². The molecule has 1 heterocycles. The van der Waals surface area contributed by atoms with E-state index in [4.69, 9.17) is 14.2 Å². The summed E-state index contributed by atoms with van der Waals surface area (Å²) in [6, 6.07) is 5.15. The first kappa shape index (κ1) is 15.9. The maximum Gasteiger partial charge on any atom is 0.320 e. The second-order valence-corrected chi connectivity index (χ2v) is 3.93. The van der Waals surface area contributed by atoms with Gasteiger partial charge in [0.1, 0.15) is 0 Å². The predicted octanol–water partition coefficient (Wildman–Crippen LogP) is 1.38. The van der Waals surface area contributed by atoms with Gasteiger partial charge < -0.3 is 14.2 Å². The fraction of sp³-hybridized carbons (Fsp3) is 0.500. The number of hydrogen-bond acceptors (Lipinski definition) is 6. The van der Waals surface area contributed by atoms with E-state index in [1.54, 1.807) is 32.0 Å². The Hall–Kier alpha value is -2.11. The third kappa shape index (κ3) is 4.53. The molecule has 0 fully saturated rings. The van der Waals surface area contributed by atoms with Crippen molar-refractivity contribution < 1.29 is 23.8 Å². The number of esters is 2. The number of methoxy groups -OCH3 is 1. The number of rotatable bonds is 7. The van der Waals surface area contributed by atoms with Crippen LogP contribution in [0.2, 0.25) is 0 Å². The van der Waals surface area contributed by atoms with E-state index in [9.17, 15) is 9.59 Å². The van der Waals surface area contributed by atoms with Crippen LogP contribution in [0.15, 0.2) is 18.2 Å². The molecule has 0 spiro atoms. The topological polar surface area (TPSA) is 74.7 Å². The predicted molar refractivity (Wildman–Crippen MR) is 71.2 cm³/mol. The van der Waals surface area contributed by atoms with Crippen LogP contribution in [0, 0.1) is 5.92 Å². The molecule has 0 bridgehead atoms. The molecule has 0 saturated heterocycles. The Bertz CT molecular complexity index is 443. The summed E-state index contributed by atoms with van der Waals surface area (Å²) in [5.74, 6) is -1.78. The summed E-state index contributed by atoms with van der Waals surface area (Å²) >= 11 is 0. The van der Waals surface area contributed by atoms with Crippen LogP contribution in [0.3, 0.4) is 0 Å². The van der Waals surface area contributed by atoms with E-state index in [0.29, 0.717) is 11.6 Å². The molecule has 0 aromatic carbocycles. The van der Waals surface area contributed by atoms with Crippen molar-refractivity contribution in [2.45, 2.75) is 20.3 Å². The quantitative estimate of drug-likeness (QED) is 0.555. The normalized spacial score (nSPS) is 10.2. The van der Waals surface area contributed by atoms with Gasteiger partial charge in [-0.15, -0.1) is 0 Å². The Morgan fingerprint density at radius 3 is 2.25 bits per heavy atom. The van der Waals surface area contributed by atoms with Gasteiger partial charge in [0.25, 0.3) is 0 Å². The van der Waals surface area contributed by atoms with Crippen molar-refractivity contribution in [1.29, 1.82) is 0 Å². The lowest BCUT2D eigenvalue weighted by Crippen LogP contribution is -2.30. The van der Waals surface area contributed by atoms with E-state index in [-0.39, 0.29) is 19.6 Å². The van der Waals surface area contributed by atoms with Gasteiger partial charge in [-0.05, 0) is 19.9 Å². The highest BCUT2D eigenvalue weighted by molar-refractivity contribution is 5.95. The van der Waals surface area contributed by atoms with Crippen LogP contribution < -0.4 is 4.74 Å². The average molecular weight is 281 g/mol. The summed E-state index contributed by atoms with van der Waals surface area (Å²) in [6.07, 6.45) is 0.120.